The molecule has 170 valence electrons. The van der Waals surface area contributed by atoms with Crippen molar-refractivity contribution in [1.29, 1.82) is 0 Å². The molecule has 0 aliphatic carbocycles. The lowest BCUT2D eigenvalue weighted by Gasteiger charge is -2.28. The highest BCUT2D eigenvalue weighted by Crippen LogP contribution is 2.37. The van der Waals surface area contributed by atoms with E-state index in [-0.39, 0.29) is 11.7 Å². The SMILES string of the molecule is COc1ccc(-c2nc3n(n2)[C@@H](c2ccc(O)cc2)C(C(=O)Nc2cccnc2)=C(C)N3)cc1. The second-order valence-corrected chi connectivity index (χ2v) is 7.79. The summed E-state index contributed by atoms with van der Waals surface area (Å²) in [6.07, 6.45) is 3.23. The van der Waals surface area contributed by atoms with Gasteiger partial charge in [0.15, 0.2) is 5.82 Å². The number of carbonyl (C=O) groups excluding carboxylic acids is 1. The molecule has 2 aromatic carbocycles. The highest BCUT2D eigenvalue weighted by Gasteiger charge is 2.34. The van der Waals surface area contributed by atoms with Gasteiger partial charge in [-0.1, -0.05) is 12.1 Å². The molecular formula is C25H22N6O3. The van der Waals surface area contributed by atoms with Crippen LogP contribution in [-0.4, -0.2) is 37.9 Å². The molecule has 9 nitrogen and oxygen atoms in total. The molecule has 9 heteroatoms. The first-order valence-corrected chi connectivity index (χ1v) is 10.6. The molecule has 2 aromatic heterocycles. The number of phenolic OH excluding ortho intramolecular Hbond substituents is 1. The first-order chi connectivity index (χ1) is 16.5. The van der Waals surface area contributed by atoms with Crippen LogP contribution in [0.2, 0.25) is 0 Å². The third-order valence-corrected chi connectivity index (χ3v) is 5.57. The molecule has 0 radical (unpaired) electrons. The van der Waals surface area contributed by atoms with Crippen molar-refractivity contribution >= 4 is 17.5 Å². The van der Waals surface area contributed by atoms with E-state index in [2.05, 4.69) is 20.6 Å². The van der Waals surface area contributed by atoms with Crippen molar-refractivity contribution in [3.05, 3.63) is 89.9 Å². The van der Waals surface area contributed by atoms with Gasteiger partial charge in [0.1, 0.15) is 17.5 Å². The molecule has 4 aromatic rings. The standard InChI is InChI=1S/C25H22N6O3/c1-15-21(24(33)28-18-4-3-13-26-14-18)22(16-5-9-19(32)10-6-16)31-25(27-15)29-23(30-31)17-7-11-20(34-2)12-8-17/h3-14,22,32H,1-2H3,(H,28,33)(H,27,29,30)/t22-/m0/s1. The van der Waals surface area contributed by atoms with Crippen molar-refractivity contribution in [2.45, 2.75) is 13.0 Å². The number of methoxy groups -OCH3 is 1. The van der Waals surface area contributed by atoms with Crippen LogP contribution in [0.3, 0.4) is 0 Å². The minimum absolute atomic E-state index is 0.137. The molecule has 1 aliphatic rings. The van der Waals surface area contributed by atoms with E-state index in [9.17, 15) is 9.90 Å². The quantitative estimate of drug-likeness (QED) is 0.418. The van der Waals surface area contributed by atoms with Gasteiger partial charge in [-0.3, -0.25) is 9.78 Å². The van der Waals surface area contributed by atoms with Crippen molar-refractivity contribution in [3.63, 3.8) is 0 Å². The third kappa shape index (κ3) is 3.95. The number of nitrogens with zero attached hydrogens (tertiary/aromatic N) is 4. The zero-order valence-electron chi connectivity index (χ0n) is 18.6. The topological polar surface area (TPSA) is 114 Å². The van der Waals surface area contributed by atoms with Gasteiger partial charge in [0.05, 0.1) is 24.6 Å². The Morgan fingerprint density at radius 3 is 2.56 bits per heavy atom. The van der Waals surface area contributed by atoms with Gasteiger partial charge < -0.3 is 20.5 Å². The summed E-state index contributed by atoms with van der Waals surface area (Å²) in [6.45, 7) is 1.83. The molecule has 3 N–H and O–H groups in total. The number of hydrogen-bond acceptors (Lipinski definition) is 7. The van der Waals surface area contributed by atoms with E-state index in [0.29, 0.717) is 28.7 Å². The summed E-state index contributed by atoms with van der Waals surface area (Å²) in [4.78, 5) is 22.2. The number of rotatable bonds is 5. The zero-order chi connectivity index (χ0) is 23.7. The molecule has 5 rings (SSSR count). The second-order valence-electron chi connectivity index (χ2n) is 7.79. The largest absolute Gasteiger partial charge is 0.508 e. The minimum atomic E-state index is -0.562. The summed E-state index contributed by atoms with van der Waals surface area (Å²) in [5.41, 5.74) is 3.31. The van der Waals surface area contributed by atoms with Gasteiger partial charge in [-0.2, -0.15) is 4.98 Å². The Morgan fingerprint density at radius 2 is 1.88 bits per heavy atom. The highest BCUT2D eigenvalue weighted by atomic mass is 16.5. The van der Waals surface area contributed by atoms with Gasteiger partial charge in [0.2, 0.25) is 5.95 Å². The minimum Gasteiger partial charge on any atom is -0.508 e. The number of allylic oxidation sites excluding steroid dienone is 1. The van der Waals surface area contributed by atoms with E-state index < -0.39 is 6.04 Å². The van der Waals surface area contributed by atoms with E-state index in [0.717, 1.165) is 16.9 Å². The molecule has 0 fully saturated rings. The fourth-order valence-electron chi connectivity index (χ4n) is 3.91. The lowest BCUT2D eigenvalue weighted by molar-refractivity contribution is -0.113. The van der Waals surface area contributed by atoms with Crippen LogP contribution in [0.4, 0.5) is 11.6 Å². The molecule has 34 heavy (non-hydrogen) atoms. The Balaban J connectivity index is 1.58. The summed E-state index contributed by atoms with van der Waals surface area (Å²) in [6, 6.07) is 17.1. The van der Waals surface area contributed by atoms with Crippen molar-refractivity contribution in [3.8, 4) is 22.9 Å². The van der Waals surface area contributed by atoms with Gasteiger partial charge in [-0.25, -0.2) is 4.68 Å². The Kier molecular flexibility index (Phi) is 5.43. The monoisotopic (exact) mass is 454 g/mol. The van der Waals surface area contributed by atoms with Gasteiger partial charge >= 0.3 is 0 Å². The van der Waals surface area contributed by atoms with E-state index >= 15 is 0 Å². The normalized spacial score (nSPS) is 14.8. The summed E-state index contributed by atoms with van der Waals surface area (Å²) in [7, 11) is 1.61. The van der Waals surface area contributed by atoms with Gasteiger partial charge in [0.25, 0.3) is 5.91 Å². The fraction of sp³-hybridized carbons (Fsp3) is 0.120. The zero-order valence-corrected chi connectivity index (χ0v) is 18.6. The van der Waals surface area contributed by atoms with Crippen molar-refractivity contribution in [2.75, 3.05) is 17.7 Å². The Morgan fingerprint density at radius 1 is 1.12 bits per heavy atom. The molecular weight excluding hydrogens is 432 g/mol. The number of fused-ring (bicyclic) bond motifs is 1. The number of hydrogen-bond donors (Lipinski definition) is 3. The molecule has 3 heterocycles. The predicted molar refractivity (Wildman–Crippen MR) is 127 cm³/mol. The van der Waals surface area contributed by atoms with Crippen molar-refractivity contribution < 1.29 is 14.6 Å². The van der Waals surface area contributed by atoms with E-state index in [1.165, 1.54) is 0 Å². The Bertz CT molecular complexity index is 1360. The number of amides is 1. The number of pyridine rings is 1. The average molecular weight is 454 g/mol. The number of ether oxygens (including phenoxy) is 1. The van der Waals surface area contributed by atoms with Crippen LogP contribution in [0.15, 0.2) is 84.3 Å². The average Bonchev–Trinajstić information content (AvgIpc) is 3.28. The number of aromatic hydroxyl groups is 1. The van der Waals surface area contributed by atoms with Crippen LogP contribution in [0.5, 0.6) is 11.5 Å². The van der Waals surface area contributed by atoms with Crippen LogP contribution in [0.1, 0.15) is 18.5 Å². The molecule has 0 unspecified atom stereocenters. The Labute approximate surface area is 195 Å². The summed E-state index contributed by atoms with van der Waals surface area (Å²) < 4.78 is 6.93. The van der Waals surface area contributed by atoms with E-state index in [1.807, 2.05) is 31.2 Å². The van der Waals surface area contributed by atoms with Crippen LogP contribution >= 0.6 is 0 Å². The highest BCUT2D eigenvalue weighted by molar-refractivity contribution is 6.05. The molecule has 0 saturated carbocycles. The molecule has 0 bridgehead atoms. The van der Waals surface area contributed by atoms with Crippen LogP contribution in [0, 0.1) is 0 Å². The van der Waals surface area contributed by atoms with Crippen LogP contribution in [0.25, 0.3) is 11.4 Å². The van der Waals surface area contributed by atoms with Gasteiger partial charge in [0, 0.05) is 17.5 Å². The third-order valence-electron chi connectivity index (χ3n) is 5.57. The number of phenols is 1. The molecule has 1 amide bonds. The molecule has 1 atom stereocenters. The van der Waals surface area contributed by atoms with Crippen LogP contribution < -0.4 is 15.4 Å². The molecule has 1 aliphatic heterocycles. The van der Waals surface area contributed by atoms with Crippen LogP contribution in [-0.2, 0) is 4.79 Å². The summed E-state index contributed by atoms with van der Waals surface area (Å²) in [5, 5.41) is 20.7. The smallest absolute Gasteiger partial charge is 0.255 e. The molecule has 0 spiro atoms. The first-order valence-electron chi connectivity index (χ1n) is 10.6. The van der Waals surface area contributed by atoms with Crippen molar-refractivity contribution in [2.24, 2.45) is 0 Å². The van der Waals surface area contributed by atoms with Crippen molar-refractivity contribution in [1.82, 2.24) is 19.7 Å². The number of benzene rings is 2. The predicted octanol–water partition coefficient (Wildman–Crippen LogP) is 3.98. The number of carbonyl (C=O) groups is 1. The maximum absolute atomic E-state index is 13.4. The fourth-order valence-corrected chi connectivity index (χ4v) is 3.91. The number of aromatic nitrogens is 4. The maximum Gasteiger partial charge on any atom is 0.255 e. The lowest BCUT2D eigenvalue weighted by atomic mass is 9.95. The van der Waals surface area contributed by atoms with E-state index in [4.69, 9.17) is 9.84 Å². The van der Waals surface area contributed by atoms with E-state index in [1.54, 1.807) is 60.6 Å². The lowest BCUT2D eigenvalue weighted by Crippen LogP contribution is -2.31. The number of nitrogens with one attached hydrogen (secondary N) is 2. The first kappa shape index (κ1) is 21.2. The Hall–Kier alpha value is -4.66. The molecule has 0 saturated heterocycles. The number of anilines is 2. The second kappa shape index (κ2) is 8.70. The van der Waals surface area contributed by atoms with Gasteiger partial charge in [-0.15, -0.1) is 5.10 Å². The summed E-state index contributed by atoms with van der Waals surface area (Å²) in [5.74, 6) is 1.61. The van der Waals surface area contributed by atoms with Gasteiger partial charge in [-0.05, 0) is 61.0 Å². The maximum atomic E-state index is 13.4. The summed E-state index contributed by atoms with van der Waals surface area (Å²) >= 11 is 0.